The number of hydrogen-bond donors (Lipinski definition) is 1. The molecule has 2 rings (SSSR count). The molecule has 1 N–H and O–H groups in total. The molecule has 0 aliphatic heterocycles. The average molecular weight is 1080 g/mol. The number of methoxy groups -OCH3 is 2. The number of aromatic nitrogens is 2. The van der Waals surface area contributed by atoms with E-state index < -0.39 is 11.4 Å². The molecule has 13 heteroatoms. The Morgan fingerprint density at radius 3 is 1.92 bits per heavy atom. The Labute approximate surface area is 502 Å². The van der Waals surface area contributed by atoms with Crippen molar-refractivity contribution < 1.29 is 75.1 Å². The first-order chi connectivity index (χ1) is 34.7. The van der Waals surface area contributed by atoms with Crippen molar-refractivity contribution in [3.05, 3.63) is 65.9 Å². The number of amidine groups is 1. The van der Waals surface area contributed by atoms with Gasteiger partial charge in [0.2, 0.25) is 0 Å². The van der Waals surface area contributed by atoms with Gasteiger partial charge >= 0.3 is 57.4 Å². The molecule has 2 atom stereocenters. The van der Waals surface area contributed by atoms with Gasteiger partial charge in [-0.2, -0.15) is 11.6 Å². The predicted molar refractivity (Wildman–Crippen MR) is 327 cm³/mol. The number of rotatable bonds is 24. The van der Waals surface area contributed by atoms with Crippen LogP contribution in [0.1, 0.15) is 220 Å². The van der Waals surface area contributed by atoms with Crippen LogP contribution in [0.4, 0.5) is 4.39 Å². The van der Waals surface area contributed by atoms with E-state index in [2.05, 4.69) is 126 Å². The summed E-state index contributed by atoms with van der Waals surface area (Å²) in [6.45, 7) is 59.4. The average Bonchev–Trinajstić information content (AvgIpc) is 3.76. The molecule has 0 saturated heterocycles. The van der Waals surface area contributed by atoms with Crippen LogP contribution >= 0.6 is 0 Å². The molecule has 1 aromatic heterocycles. The molecule has 2 aromatic rings. The fourth-order valence-electron chi connectivity index (χ4n) is 5.66. The normalized spacial score (nSPS) is 12.0. The summed E-state index contributed by atoms with van der Waals surface area (Å²) in [6, 6.07) is 2.22. The summed E-state index contributed by atoms with van der Waals surface area (Å²) < 4.78 is 32.6. The smallest absolute Gasteiger partial charge is 0.681 e. The maximum atomic E-state index is 15.1. The molecule has 0 spiro atoms. The van der Waals surface area contributed by atoms with Crippen LogP contribution in [0.5, 0.6) is 0 Å². The Hall–Kier alpha value is -1.65. The van der Waals surface area contributed by atoms with Crippen molar-refractivity contribution in [2.24, 2.45) is 26.8 Å². The van der Waals surface area contributed by atoms with Crippen molar-refractivity contribution >= 4 is 28.9 Å². The van der Waals surface area contributed by atoms with Gasteiger partial charge in [0, 0.05) is 50.7 Å². The molecular formula is C61H122FKN7O4-. The number of halogens is 1. The van der Waals surface area contributed by atoms with Crippen molar-refractivity contribution in [1.82, 2.24) is 14.7 Å². The molecule has 1 heterocycles. The standard InChI is InChI=1S/C33H49FN6O3.C9H21N.C4H10O.C4H10.C3H8.4C2H6.K/c1-9-16-38-33(6,7)22-43-32(37-23-42-8)36-18-13-17-35-31(25(5)34)30-27(15-12-14-26(41)11-3)24(4)20-29-28(30)21-39-40(29)19-10-2;1-5-6-7-10(4)8-9(2)3;1-4(2)5-3;1-4(2)3;1-3-2;4*1-2;/h13,17-18,20-21,26,41H,5-6,9-12,14-16,19,22-23H2,1-4,7-8H3;9H,5-8H2,1-4H3;4H,1-3H3;4H,1-3H3;3H2,1-2H3;4*1-2H3;/q-2;;;;;;;;;+1/b17-13+,35-31?,36-18-,37-32+;;;;;;;;;. The predicted octanol–water partition coefficient (Wildman–Crippen LogP) is 14.7. The third-order valence-corrected chi connectivity index (χ3v) is 8.81. The fourth-order valence-corrected chi connectivity index (χ4v) is 5.66. The number of aryl methyl sites for hydroxylation is 2. The van der Waals surface area contributed by atoms with E-state index in [1.165, 1.54) is 51.9 Å². The van der Waals surface area contributed by atoms with Gasteiger partial charge in [-0.25, -0.2) is 19.9 Å². The second-order valence-corrected chi connectivity index (χ2v) is 18.1. The first kappa shape index (κ1) is 88.9. The summed E-state index contributed by atoms with van der Waals surface area (Å²) >= 11 is 0. The zero-order valence-electron chi connectivity index (χ0n) is 53.9. The molecule has 0 fully saturated rings. The van der Waals surface area contributed by atoms with Crippen molar-refractivity contribution in [2.45, 2.75) is 241 Å². The van der Waals surface area contributed by atoms with Crippen LogP contribution < -0.4 is 51.4 Å². The number of allylic oxidation sites excluding steroid dienone is 2. The molecule has 0 aliphatic rings. The summed E-state index contributed by atoms with van der Waals surface area (Å²) in [6.07, 6.45) is 14.8. The minimum Gasteiger partial charge on any atom is -0.681 e. The molecule has 0 saturated carbocycles. The summed E-state index contributed by atoms with van der Waals surface area (Å²) in [5.74, 6) is 0.990. The van der Waals surface area contributed by atoms with E-state index >= 15 is 4.39 Å². The summed E-state index contributed by atoms with van der Waals surface area (Å²) in [7, 11) is 5.43. The number of aliphatic imine (C=N–C) groups is 3. The van der Waals surface area contributed by atoms with Gasteiger partial charge in [0.25, 0.3) is 0 Å². The van der Waals surface area contributed by atoms with Crippen molar-refractivity contribution in [2.75, 3.05) is 54.2 Å². The van der Waals surface area contributed by atoms with Crippen LogP contribution in [0, 0.1) is 25.7 Å². The number of benzene rings is 1. The summed E-state index contributed by atoms with van der Waals surface area (Å²) in [5.41, 5.74) is 3.09. The topological polar surface area (TPSA) is 120 Å². The molecule has 0 aliphatic carbocycles. The SMILES string of the molecule is C=C(F)C(=N/C=C/C=N\C(=N/COC)OCC([CH2-])(C)[N-]CCC)c1c(CCCC(O)CC)c(C)cc2c1cnn2CCC.CC.CC.CC.CC.CC(C)C.CCC.CCCCN(C)CC(C)C.COC(C)C.[K+]. The Kier molecular flexibility index (Phi) is 76.8. The van der Waals surface area contributed by atoms with Gasteiger partial charge in [-0.1, -0.05) is 157 Å². The van der Waals surface area contributed by atoms with E-state index in [1.807, 2.05) is 94.7 Å². The Balaban J connectivity index is -0.000000192. The molecule has 74 heavy (non-hydrogen) atoms. The second kappa shape index (κ2) is 63.9. The maximum absolute atomic E-state index is 15.1. The second-order valence-electron chi connectivity index (χ2n) is 18.1. The van der Waals surface area contributed by atoms with Crippen LogP contribution in [-0.2, 0) is 27.2 Å². The van der Waals surface area contributed by atoms with Gasteiger partial charge < -0.3 is 36.5 Å². The molecule has 0 radical (unpaired) electrons. The number of aliphatic hydroxyl groups excluding tert-OH is 1. The number of aliphatic hydroxyl groups is 1. The van der Waals surface area contributed by atoms with Gasteiger partial charge in [-0.15, -0.1) is 6.92 Å². The fraction of sp³-hybridized carbons (Fsp3) is 0.754. The molecule has 0 amide bonds. The zero-order chi connectivity index (χ0) is 58.4. The van der Waals surface area contributed by atoms with E-state index in [9.17, 15) is 5.11 Å². The summed E-state index contributed by atoms with van der Waals surface area (Å²) in [4.78, 5) is 15.4. The Morgan fingerprint density at radius 1 is 0.946 bits per heavy atom. The third-order valence-electron chi connectivity index (χ3n) is 8.81. The van der Waals surface area contributed by atoms with E-state index in [0.29, 0.717) is 37.5 Å². The molecule has 434 valence electrons. The number of nitrogens with zero attached hydrogens (tertiary/aromatic N) is 7. The first-order valence-corrected chi connectivity index (χ1v) is 28.4. The van der Waals surface area contributed by atoms with Crippen molar-refractivity contribution in [3.8, 4) is 0 Å². The first-order valence-electron chi connectivity index (χ1n) is 28.4. The van der Waals surface area contributed by atoms with Gasteiger partial charge in [-0.3, -0.25) is 9.67 Å². The number of ether oxygens (including phenoxy) is 3. The minimum absolute atomic E-state index is 0. The van der Waals surface area contributed by atoms with Crippen LogP contribution in [-0.4, -0.2) is 110 Å². The van der Waals surface area contributed by atoms with E-state index in [4.69, 9.17) is 14.2 Å². The van der Waals surface area contributed by atoms with Gasteiger partial charge in [0.1, 0.15) is 18.3 Å². The Morgan fingerprint density at radius 2 is 1.49 bits per heavy atom. The monoisotopic (exact) mass is 1070 g/mol. The van der Waals surface area contributed by atoms with Crippen LogP contribution in [0.3, 0.4) is 0 Å². The number of hydrogen-bond acceptors (Lipinski definition) is 8. The largest absolute Gasteiger partial charge is 1.00 e. The van der Waals surface area contributed by atoms with Gasteiger partial charge in [0.05, 0.1) is 30.5 Å². The van der Waals surface area contributed by atoms with Crippen molar-refractivity contribution in [1.29, 1.82) is 0 Å². The zero-order valence-corrected chi connectivity index (χ0v) is 57.0. The van der Waals surface area contributed by atoms with Gasteiger partial charge in [-0.05, 0) is 108 Å². The van der Waals surface area contributed by atoms with E-state index in [1.54, 1.807) is 19.4 Å². The molecular weight excluding hydrogens is 953 g/mol. The third kappa shape index (κ3) is 53.7. The molecule has 11 nitrogen and oxygen atoms in total. The van der Waals surface area contributed by atoms with E-state index in [-0.39, 0.29) is 82.6 Å². The van der Waals surface area contributed by atoms with E-state index in [0.717, 1.165) is 59.7 Å². The number of unbranched alkanes of at least 4 members (excludes halogenated alkanes) is 1. The summed E-state index contributed by atoms with van der Waals surface area (Å²) in [5, 5.41) is 20.0. The quantitative estimate of drug-likeness (QED) is 0.0484. The van der Waals surface area contributed by atoms with Crippen LogP contribution in [0.15, 0.2) is 51.9 Å². The molecule has 0 bridgehead atoms. The van der Waals surface area contributed by atoms with Crippen molar-refractivity contribution in [3.63, 3.8) is 0 Å². The number of fused-ring (bicyclic) bond motifs is 1. The van der Waals surface area contributed by atoms with Crippen LogP contribution in [0.25, 0.3) is 16.2 Å². The van der Waals surface area contributed by atoms with Crippen LogP contribution in [0.2, 0.25) is 0 Å². The molecule has 2 unspecified atom stereocenters. The van der Waals surface area contributed by atoms with Gasteiger partial charge in [0.15, 0.2) is 0 Å². The molecule has 1 aromatic carbocycles. The maximum Gasteiger partial charge on any atom is 1.00 e. The minimum atomic E-state index is -0.650. The Bertz CT molecular complexity index is 1610.